The summed E-state index contributed by atoms with van der Waals surface area (Å²) >= 11 is 0. The molecule has 124 valence electrons. The van der Waals surface area contributed by atoms with Crippen LogP contribution in [0.15, 0.2) is 59.1 Å². The van der Waals surface area contributed by atoms with Crippen molar-refractivity contribution >= 4 is 39.1 Å². The Hall–Kier alpha value is -3.01. The largest absolute Gasteiger partial charge is 0.435 e. The normalized spacial score (nSPS) is 19.1. The number of rotatable bonds is 1. The van der Waals surface area contributed by atoms with Gasteiger partial charge in [-0.15, -0.1) is 0 Å². The van der Waals surface area contributed by atoms with Crippen molar-refractivity contribution in [2.45, 2.75) is 20.0 Å². The van der Waals surface area contributed by atoms with Crippen molar-refractivity contribution < 1.29 is 8.53 Å². The maximum Gasteiger partial charge on any atom is 0.227 e. The second-order valence-corrected chi connectivity index (χ2v) is 6.43. The molecule has 0 fully saturated rings. The highest BCUT2D eigenvalue weighted by Crippen LogP contribution is 2.47. The molecule has 0 aliphatic carbocycles. The van der Waals surface area contributed by atoms with E-state index in [0.29, 0.717) is 11.4 Å². The van der Waals surface area contributed by atoms with Crippen LogP contribution < -0.4 is 9.80 Å². The number of pyridine rings is 1. The number of benzene rings is 2. The van der Waals surface area contributed by atoms with Crippen LogP contribution in [0, 0.1) is 6.92 Å². The summed E-state index contributed by atoms with van der Waals surface area (Å²) < 4.78 is 30.3. The molecule has 5 rings (SSSR count). The van der Waals surface area contributed by atoms with Gasteiger partial charge in [-0.25, -0.2) is 4.98 Å². The van der Waals surface area contributed by atoms with Crippen LogP contribution in [0.25, 0.3) is 22.1 Å². The maximum atomic E-state index is 8.05. The predicted octanol–water partition coefficient (Wildman–Crippen LogP) is 5.22. The Kier molecular flexibility index (Phi) is 2.30. The summed E-state index contributed by atoms with van der Waals surface area (Å²) in [7, 11) is 0. The highest BCUT2D eigenvalue weighted by molar-refractivity contribution is 6.09. The van der Waals surface area contributed by atoms with Crippen molar-refractivity contribution in [3.05, 3.63) is 60.3 Å². The van der Waals surface area contributed by atoms with E-state index in [0.717, 1.165) is 33.3 Å². The lowest BCUT2D eigenvalue weighted by Crippen LogP contribution is -2.36. The minimum atomic E-state index is -2.25. The van der Waals surface area contributed by atoms with Crippen molar-refractivity contribution in [2.24, 2.45) is 0 Å². The molecule has 0 spiro atoms. The van der Waals surface area contributed by atoms with E-state index in [9.17, 15) is 0 Å². The first-order chi connectivity index (χ1) is 13.4. The number of nitrogens with zero attached hydrogens (tertiary/aromatic N) is 3. The number of aromatic nitrogens is 1. The number of hydrogen-bond donors (Lipinski definition) is 0. The molecule has 0 N–H and O–H groups in total. The first-order valence-electron chi connectivity index (χ1n) is 9.82. The van der Waals surface area contributed by atoms with E-state index >= 15 is 0 Å². The summed E-state index contributed by atoms with van der Waals surface area (Å²) in [6.07, 6.45) is 1.32. The van der Waals surface area contributed by atoms with Gasteiger partial charge in [0.05, 0.1) is 17.1 Å². The molecule has 4 heteroatoms. The lowest BCUT2D eigenvalue weighted by atomic mass is 10.1. The van der Waals surface area contributed by atoms with Gasteiger partial charge in [-0.05, 0) is 43.7 Å². The van der Waals surface area contributed by atoms with Gasteiger partial charge in [0, 0.05) is 28.1 Å². The van der Waals surface area contributed by atoms with Crippen LogP contribution in [0.4, 0.5) is 17.1 Å². The van der Waals surface area contributed by atoms with E-state index in [1.165, 1.54) is 4.90 Å². The molecule has 2 aromatic heterocycles. The van der Waals surface area contributed by atoms with Gasteiger partial charge in [0.2, 0.25) is 5.71 Å². The lowest BCUT2D eigenvalue weighted by Gasteiger charge is -2.29. The minimum absolute atomic E-state index is 0.393. The van der Waals surface area contributed by atoms with E-state index in [2.05, 4.69) is 9.88 Å². The third kappa shape index (κ3) is 1.85. The fraction of sp³-hybridized carbons (Fsp3) is 0.190. The Morgan fingerprint density at radius 2 is 1.88 bits per heavy atom. The van der Waals surface area contributed by atoms with E-state index in [-0.39, 0.29) is 0 Å². The zero-order chi connectivity index (χ0) is 19.6. The Morgan fingerprint density at radius 3 is 2.72 bits per heavy atom. The van der Waals surface area contributed by atoms with Crippen molar-refractivity contribution in [2.75, 3.05) is 16.8 Å². The van der Waals surface area contributed by atoms with Crippen LogP contribution >= 0.6 is 0 Å². The number of anilines is 3. The van der Waals surface area contributed by atoms with Crippen molar-refractivity contribution in [3.63, 3.8) is 0 Å². The highest BCUT2D eigenvalue weighted by Gasteiger charge is 2.33. The van der Waals surface area contributed by atoms with Gasteiger partial charge in [-0.1, -0.05) is 24.3 Å². The van der Waals surface area contributed by atoms with Crippen molar-refractivity contribution in [3.8, 4) is 0 Å². The molecule has 4 aromatic rings. The van der Waals surface area contributed by atoms with Gasteiger partial charge in [-0.2, -0.15) is 0 Å². The van der Waals surface area contributed by atoms with Crippen LogP contribution in [0.1, 0.15) is 16.6 Å². The van der Waals surface area contributed by atoms with Crippen LogP contribution in [0.3, 0.4) is 0 Å². The van der Waals surface area contributed by atoms with Crippen LogP contribution in [0.2, 0.25) is 0 Å². The molecule has 1 atom stereocenters. The molecule has 0 saturated heterocycles. The van der Waals surface area contributed by atoms with Gasteiger partial charge < -0.3 is 14.2 Å². The van der Waals surface area contributed by atoms with E-state index < -0.39 is 13.1 Å². The number of fused-ring (bicyclic) bond motifs is 4. The van der Waals surface area contributed by atoms with Crippen molar-refractivity contribution in [1.82, 2.24) is 4.98 Å². The second kappa shape index (κ2) is 4.99. The molecule has 4 nitrogen and oxygen atoms in total. The summed E-state index contributed by atoms with van der Waals surface area (Å²) in [5.74, 6) is 0. The maximum absolute atomic E-state index is 8.05. The number of hydrogen-bond acceptors (Lipinski definition) is 4. The quantitative estimate of drug-likeness (QED) is 0.478. The highest BCUT2D eigenvalue weighted by atomic mass is 16.3. The fourth-order valence-corrected chi connectivity index (χ4v) is 3.76. The average Bonchev–Trinajstić information content (AvgIpc) is 3.16. The first-order valence-corrected chi connectivity index (χ1v) is 8.32. The molecule has 1 aliphatic heterocycles. The molecule has 1 aliphatic rings. The zero-order valence-electron chi connectivity index (χ0n) is 17.0. The smallest absolute Gasteiger partial charge is 0.227 e. The molecule has 25 heavy (non-hydrogen) atoms. The minimum Gasteiger partial charge on any atom is -0.435 e. The molecular formula is C21H19N3O. The van der Waals surface area contributed by atoms with Gasteiger partial charge in [0.25, 0.3) is 0 Å². The molecular weight excluding hydrogens is 310 g/mol. The summed E-state index contributed by atoms with van der Waals surface area (Å²) in [6, 6.07) is 15.6. The van der Waals surface area contributed by atoms with E-state index in [1.54, 1.807) is 6.20 Å². The predicted molar refractivity (Wildman–Crippen MR) is 103 cm³/mol. The molecule has 0 amide bonds. The summed E-state index contributed by atoms with van der Waals surface area (Å²) in [6.45, 7) is 1.68. The molecule has 0 saturated carbocycles. The third-order valence-corrected chi connectivity index (χ3v) is 4.98. The van der Waals surface area contributed by atoms with Gasteiger partial charge >= 0.3 is 0 Å². The average molecular weight is 332 g/mol. The number of aryl methyl sites for hydroxylation is 1. The SMILES string of the molecule is [2H]C([2H])([2H])N1c2ccccc2N(c2c(C)ccc3c2oc2ncccc23)[C@H]1C. The standard InChI is InChI=1S/C21H19N3O/c1-13-10-11-15-16-7-6-12-22-21(16)25-20(15)19(13)24-14(2)23(3)17-8-4-5-9-18(17)24/h4-12,14H,1-3H3/t14-/m0/s1/i3D3. The van der Waals surface area contributed by atoms with Crippen LogP contribution in [-0.2, 0) is 0 Å². The van der Waals surface area contributed by atoms with Gasteiger partial charge in [0.1, 0.15) is 6.17 Å². The van der Waals surface area contributed by atoms with E-state index in [1.807, 2.05) is 62.4 Å². The summed E-state index contributed by atoms with van der Waals surface area (Å²) in [4.78, 5) is 7.89. The topological polar surface area (TPSA) is 32.5 Å². The lowest BCUT2D eigenvalue weighted by molar-refractivity contribution is 0.648. The van der Waals surface area contributed by atoms with Crippen LogP contribution in [-0.4, -0.2) is 18.1 Å². The molecule has 0 unspecified atom stereocenters. The summed E-state index contributed by atoms with van der Waals surface area (Å²) in [5.41, 5.74) is 4.75. The zero-order valence-corrected chi connectivity index (χ0v) is 14.0. The van der Waals surface area contributed by atoms with E-state index in [4.69, 9.17) is 8.53 Å². The molecule has 2 aromatic carbocycles. The van der Waals surface area contributed by atoms with Crippen LogP contribution in [0.5, 0.6) is 0 Å². The third-order valence-electron chi connectivity index (χ3n) is 4.98. The van der Waals surface area contributed by atoms with Gasteiger partial charge in [-0.3, -0.25) is 0 Å². The Bertz CT molecular complexity index is 1210. The fourth-order valence-electron chi connectivity index (χ4n) is 3.76. The number of furan rings is 1. The number of para-hydroxylation sites is 2. The second-order valence-electron chi connectivity index (χ2n) is 6.43. The van der Waals surface area contributed by atoms with Gasteiger partial charge in [0.15, 0.2) is 5.58 Å². The Morgan fingerprint density at radius 1 is 1.04 bits per heavy atom. The van der Waals surface area contributed by atoms with Crippen molar-refractivity contribution in [1.29, 1.82) is 0 Å². The molecule has 0 radical (unpaired) electrons. The first kappa shape index (κ1) is 11.5. The monoisotopic (exact) mass is 332 g/mol. The molecule has 3 heterocycles. The Balaban J connectivity index is 1.82. The Labute approximate surface area is 150 Å². The molecule has 0 bridgehead atoms. The summed E-state index contributed by atoms with van der Waals surface area (Å²) in [5, 5.41) is 1.92.